The lowest BCUT2D eigenvalue weighted by atomic mass is 10.2. The SMILES string of the molecule is CC(OC(=O)c1ccc(-c2nc3ccccc3s2)s1)C(=O)Nc1c(F)cccc1F. The Balaban J connectivity index is 1.44. The van der Waals surface area contributed by atoms with Crippen LogP contribution in [0, 0.1) is 11.6 Å². The smallest absolute Gasteiger partial charge is 0.349 e. The van der Waals surface area contributed by atoms with Crippen molar-refractivity contribution in [2.24, 2.45) is 0 Å². The van der Waals surface area contributed by atoms with E-state index in [1.807, 2.05) is 24.3 Å². The fraction of sp³-hybridized carbons (Fsp3) is 0.0952. The minimum atomic E-state index is -1.25. The van der Waals surface area contributed by atoms with E-state index in [4.69, 9.17) is 4.74 Å². The molecule has 1 N–H and O–H groups in total. The highest BCUT2D eigenvalue weighted by Crippen LogP contribution is 2.34. The summed E-state index contributed by atoms with van der Waals surface area (Å²) in [6, 6.07) is 14.3. The van der Waals surface area contributed by atoms with Gasteiger partial charge in [0.1, 0.15) is 27.2 Å². The van der Waals surface area contributed by atoms with E-state index in [-0.39, 0.29) is 0 Å². The first kappa shape index (κ1) is 20.1. The van der Waals surface area contributed by atoms with E-state index in [0.29, 0.717) is 4.88 Å². The lowest BCUT2D eigenvalue weighted by Crippen LogP contribution is -2.30. The van der Waals surface area contributed by atoms with Gasteiger partial charge in [-0.1, -0.05) is 18.2 Å². The van der Waals surface area contributed by atoms with Gasteiger partial charge in [-0.15, -0.1) is 22.7 Å². The number of thiophene rings is 1. The largest absolute Gasteiger partial charge is 0.448 e. The number of anilines is 1. The Morgan fingerprint density at radius 3 is 2.47 bits per heavy atom. The minimum absolute atomic E-state index is 0.293. The van der Waals surface area contributed by atoms with Crippen LogP contribution >= 0.6 is 22.7 Å². The quantitative estimate of drug-likeness (QED) is 0.414. The third-order valence-corrected chi connectivity index (χ3v) is 6.45. The van der Waals surface area contributed by atoms with Gasteiger partial charge in [0.2, 0.25) is 0 Å². The highest BCUT2D eigenvalue weighted by Gasteiger charge is 2.23. The summed E-state index contributed by atoms with van der Waals surface area (Å²) >= 11 is 2.70. The van der Waals surface area contributed by atoms with Gasteiger partial charge in [0, 0.05) is 0 Å². The number of para-hydroxylation sites is 2. The van der Waals surface area contributed by atoms with Crippen LogP contribution in [0.5, 0.6) is 0 Å². The fourth-order valence-electron chi connectivity index (χ4n) is 2.65. The highest BCUT2D eigenvalue weighted by atomic mass is 32.1. The summed E-state index contributed by atoms with van der Waals surface area (Å²) in [7, 11) is 0. The van der Waals surface area contributed by atoms with Gasteiger partial charge in [0.25, 0.3) is 5.91 Å². The molecular formula is C21H14F2N2O3S2. The summed E-state index contributed by atoms with van der Waals surface area (Å²) in [4.78, 5) is 30.2. The zero-order valence-corrected chi connectivity index (χ0v) is 17.2. The van der Waals surface area contributed by atoms with Crippen LogP contribution in [0.15, 0.2) is 54.6 Å². The number of fused-ring (bicyclic) bond motifs is 1. The molecule has 0 spiro atoms. The summed E-state index contributed by atoms with van der Waals surface area (Å²) < 4.78 is 33.5. The van der Waals surface area contributed by atoms with Crippen molar-refractivity contribution < 1.29 is 23.1 Å². The molecule has 4 aromatic rings. The number of nitrogens with one attached hydrogen (secondary N) is 1. The minimum Gasteiger partial charge on any atom is -0.448 e. The molecule has 9 heteroatoms. The molecule has 1 atom stereocenters. The van der Waals surface area contributed by atoms with Crippen molar-refractivity contribution in [1.29, 1.82) is 0 Å². The number of amides is 1. The lowest BCUT2D eigenvalue weighted by molar-refractivity contribution is -0.123. The Labute approximate surface area is 178 Å². The number of ether oxygens (including phenoxy) is 1. The molecule has 30 heavy (non-hydrogen) atoms. The Hall–Kier alpha value is -3.17. The van der Waals surface area contributed by atoms with E-state index in [0.717, 1.165) is 32.2 Å². The van der Waals surface area contributed by atoms with Crippen molar-refractivity contribution in [1.82, 2.24) is 4.98 Å². The maximum absolute atomic E-state index is 13.7. The summed E-state index contributed by atoms with van der Waals surface area (Å²) in [6.45, 7) is 1.33. The van der Waals surface area contributed by atoms with E-state index >= 15 is 0 Å². The van der Waals surface area contributed by atoms with Crippen LogP contribution < -0.4 is 5.32 Å². The van der Waals surface area contributed by atoms with Gasteiger partial charge in [0.15, 0.2) is 6.10 Å². The Bertz CT molecular complexity index is 1200. The van der Waals surface area contributed by atoms with Gasteiger partial charge in [0.05, 0.1) is 15.1 Å². The Morgan fingerprint density at radius 2 is 1.73 bits per heavy atom. The van der Waals surface area contributed by atoms with Crippen LogP contribution in [-0.2, 0) is 9.53 Å². The van der Waals surface area contributed by atoms with E-state index in [2.05, 4.69) is 10.3 Å². The number of carbonyl (C=O) groups excluding carboxylic acids is 2. The molecule has 0 aliphatic carbocycles. The number of hydrogen-bond acceptors (Lipinski definition) is 6. The van der Waals surface area contributed by atoms with Crippen LogP contribution in [-0.4, -0.2) is 23.0 Å². The van der Waals surface area contributed by atoms with Gasteiger partial charge in [-0.05, 0) is 43.3 Å². The number of thiazole rings is 1. The van der Waals surface area contributed by atoms with Gasteiger partial charge in [-0.2, -0.15) is 0 Å². The molecule has 0 aliphatic rings. The summed E-state index contributed by atoms with van der Waals surface area (Å²) in [6.07, 6.45) is -1.25. The number of carbonyl (C=O) groups is 2. The molecular weight excluding hydrogens is 430 g/mol. The molecule has 0 saturated heterocycles. The standard InChI is InChI=1S/C21H14F2N2O3S2/c1-11(19(26)25-18-12(22)5-4-6-13(18)23)28-21(27)17-10-9-16(29-17)20-24-14-7-2-3-8-15(14)30-20/h2-11H,1H3,(H,25,26). The topological polar surface area (TPSA) is 68.3 Å². The van der Waals surface area contributed by atoms with Crippen LogP contribution in [0.3, 0.4) is 0 Å². The number of halogens is 2. The number of benzene rings is 2. The summed E-state index contributed by atoms with van der Waals surface area (Å²) in [5.41, 5.74) is 0.292. The zero-order chi connectivity index (χ0) is 21.3. The maximum atomic E-state index is 13.7. The van der Waals surface area contributed by atoms with E-state index < -0.39 is 35.3 Å². The van der Waals surface area contributed by atoms with Crippen LogP contribution in [0.25, 0.3) is 20.1 Å². The van der Waals surface area contributed by atoms with Crippen molar-refractivity contribution >= 4 is 50.5 Å². The molecule has 0 fully saturated rings. The normalized spacial score (nSPS) is 12.0. The van der Waals surface area contributed by atoms with Crippen molar-refractivity contribution in [2.45, 2.75) is 13.0 Å². The molecule has 0 saturated carbocycles. The number of esters is 1. The molecule has 0 aliphatic heterocycles. The van der Waals surface area contributed by atoms with Gasteiger partial charge in [-0.3, -0.25) is 4.79 Å². The summed E-state index contributed by atoms with van der Waals surface area (Å²) in [5, 5.41) is 2.89. The molecule has 2 heterocycles. The second-order valence-electron chi connectivity index (χ2n) is 6.28. The first-order valence-electron chi connectivity index (χ1n) is 8.84. The monoisotopic (exact) mass is 444 g/mol. The first-order chi connectivity index (χ1) is 14.4. The van der Waals surface area contributed by atoms with Gasteiger partial charge in [-0.25, -0.2) is 18.6 Å². The van der Waals surface area contributed by atoms with Gasteiger partial charge >= 0.3 is 5.97 Å². The second-order valence-corrected chi connectivity index (χ2v) is 8.40. The van der Waals surface area contributed by atoms with Crippen molar-refractivity contribution in [2.75, 3.05) is 5.32 Å². The third-order valence-electron chi connectivity index (χ3n) is 4.18. The van der Waals surface area contributed by atoms with Crippen LogP contribution in [0.4, 0.5) is 14.5 Å². The molecule has 2 aromatic heterocycles. The van der Waals surface area contributed by atoms with Gasteiger partial charge < -0.3 is 10.1 Å². The molecule has 4 rings (SSSR count). The van der Waals surface area contributed by atoms with E-state index in [1.54, 1.807) is 12.1 Å². The van der Waals surface area contributed by atoms with Crippen molar-refractivity contribution in [3.63, 3.8) is 0 Å². The number of hydrogen-bond donors (Lipinski definition) is 1. The Morgan fingerprint density at radius 1 is 1.00 bits per heavy atom. The van der Waals surface area contributed by atoms with Crippen LogP contribution in [0.1, 0.15) is 16.6 Å². The maximum Gasteiger partial charge on any atom is 0.349 e. The Kier molecular flexibility index (Phi) is 5.56. The number of aromatic nitrogens is 1. The number of rotatable bonds is 5. The van der Waals surface area contributed by atoms with Crippen molar-refractivity contribution in [3.8, 4) is 9.88 Å². The molecule has 5 nitrogen and oxygen atoms in total. The van der Waals surface area contributed by atoms with Crippen LogP contribution in [0.2, 0.25) is 0 Å². The lowest BCUT2D eigenvalue weighted by Gasteiger charge is -2.13. The third kappa shape index (κ3) is 4.07. The molecule has 2 aromatic carbocycles. The summed E-state index contributed by atoms with van der Waals surface area (Å²) in [5.74, 6) is -3.37. The predicted octanol–water partition coefficient (Wildman–Crippen LogP) is 5.49. The molecule has 1 unspecified atom stereocenters. The average Bonchev–Trinajstić information content (AvgIpc) is 3.37. The van der Waals surface area contributed by atoms with E-state index in [1.165, 1.54) is 35.7 Å². The average molecular weight is 444 g/mol. The number of nitrogens with zero attached hydrogens (tertiary/aromatic N) is 1. The first-order valence-corrected chi connectivity index (χ1v) is 10.5. The molecule has 152 valence electrons. The highest BCUT2D eigenvalue weighted by molar-refractivity contribution is 7.26. The molecule has 0 bridgehead atoms. The molecule has 1 amide bonds. The predicted molar refractivity (Wildman–Crippen MR) is 113 cm³/mol. The fourth-order valence-corrected chi connectivity index (χ4v) is 4.56. The molecule has 0 radical (unpaired) electrons. The zero-order valence-electron chi connectivity index (χ0n) is 15.5. The van der Waals surface area contributed by atoms with Crippen molar-refractivity contribution in [3.05, 3.63) is 71.1 Å². The second kappa shape index (κ2) is 8.29. The van der Waals surface area contributed by atoms with E-state index in [9.17, 15) is 18.4 Å².